The number of hydrogen-bond acceptors (Lipinski definition) is 7. The zero-order valence-electron chi connectivity index (χ0n) is 23.6. The molecule has 0 saturated carbocycles. The van der Waals surface area contributed by atoms with Crippen molar-refractivity contribution in [1.29, 1.82) is 0 Å². The minimum atomic E-state index is -1.34. The first-order chi connectivity index (χ1) is 19.8. The van der Waals surface area contributed by atoms with Crippen LogP contribution in [-0.4, -0.2) is 29.7 Å². The molecule has 1 heterocycles. The summed E-state index contributed by atoms with van der Waals surface area (Å²) >= 11 is 12.2. The Balaban J connectivity index is 0.00000484. The molecule has 0 N–H and O–H groups in total. The van der Waals surface area contributed by atoms with Crippen LogP contribution in [0.5, 0.6) is 17.2 Å². The van der Waals surface area contributed by atoms with E-state index in [1.807, 2.05) is 38.1 Å². The van der Waals surface area contributed by atoms with E-state index in [-0.39, 0.29) is 54.0 Å². The summed E-state index contributed by atoms with van der Waals surface area (Å²) in [5.41, 5.74) is 5.83. The zero-order valence-corrected chi connectivity index (χ0v) is 25.1. The molecule has 0 aliphatic rings. The van der Waals surface area contributed by atoms with E-state index in [1.54, 1.807) is 6.07 Å². The van der Waals surface area contributed by atoms with Crippen LogP contribution in [0.4, 0.5) is 0 Å². The number of carboxylic acids is 1. The molecule has 10 heteroatoms. The Labute approximate surface area is 266 Å². The molecule has 0 saturated heterocycles. The molecular formula is C32H28Cl2LiNO6. The Hall–Kier alpha value is -3.47. The number of pyridine rings is 1. The number of alkyl halides is 1. The van der Waals surface area contributed by atoms with E-state index in [2.05, 4.69) is 17.1 Å². The maximum atomic E-state index is 11.7. The van der Waals surface area contributed by atoms with E-state index in [4.69, 9.17) is 37.4 Å². The molecule has 3 aromatic carbocycles. The molecule has 0 bridgehead atoms. The number of hydrogen-bond donors (Lipinski definition) is 0. The van der Waals surface area contributed by atoms with Crippen molar-refractivity contribution in [3.05, 3.63) is 105 Å². The van der Waals surface area contributed by atoms with Gasteiger partial charge in [-0.2, -0.15) is 0 Å². The van der Waals surface area contributed by atoms with E-state index < -0.39 is 5.97 Å². The molecule has 4 rings (SSSR count). The van der Waals surface area contributed by atoms with Gasteiger partial charge in [0.1, 0.15) is 30.5 Å². The average molecular weight is 600 g/mol. The maximum Gasteiger partial charge on any atom is 1.00 e. The number of rotatable bonds is 13. The summed E-state index contributed by atoms with van der Waals surface area (Å²) < 4.78 is 17.8. The van der Waals surface area contributed by atoms with Crippen LogP contribution in [0.15, 0.2) is 67.0 Å². The van der Waals surface area contributed by atoms with E-state index in [0.29, 0.717) is 30.1 Å². The van der Waals surface area contributed by atoms with Crippen molar-refractivity contribution in [3.63, 3.8) is 0 Å². The van der Waals surface area contributed by atoms with Crippen molar-refractivity contribution >= 4 is 35.5 Å². The molecule has 7 nitrogen and oxygen atoms in total. The van der Waals surface area contributed by atoms with Gasteiger partial charge in [0.15, 0.2) is 6.29 Å². The summed E-state index contributed by atoms with van der Waals surface area (Å²) in [6.45, 7) is 4.83. The molecule has 0 atom stereocenters. The van der Waals surface area contributed by atoms with Gasteiger partial charge < -0.3 is 24.1 Å². The number of carbonyl (C=O) groups is 2. The zero-order chi connectivity index (χ0) is 29.4. The van der Waals surface area contributed by atoms with Crippen molar-refractivity contribution in [2.24, 2.45) is 0 Å². The van der Waals surface area contributed by atoms with Crippen LogP contribution in [0.3, 0.4) is 0 Å². The summed E-state index contributed by atoms with van der Waals surface area (Å²) in [5.74, 6) is 0.610. The Kier molecular flexibility index (Phi) is 12.3. The minimum Gasteiger partial charge on any atom is -0.545 e. The fraction of sp³-hybridized carbons (Fsp3) is 0.219. The van der Waals surface area contributed by atoms with Crippen molar-refractivity contribution in [2.75, 3.05) is 12.5 Å². The molecule has 0 aliphatic heterocycles. The fourth-order valence-electron chi connectivity index (χ4n) is 4.30. The predicted molar refractivity (Wildman–Crippen MR) is 156 cm³/mol. The van der Waals surface area contributed by atoms with Crippen LogP contribution in [0.25, 0.3) is 11.1 Å². The van der Waals surface area contributed by atoms with Gasteiger partial charge in [0.2, 0.25) is 0 Å². The summed E-state index contributed by atoms with van der Waals surface area (Å²) in [6, 6.07) is 16.4. The van der Waals surface area contributed by atoms with Crippen LogP contribution < -0.4 is 38.2 Å². The largest absolute Gasteiger partial charge is 1.00 e. The number of carboxylic acid groups (broad SMARTS) is 1. The fourth-order valence-corrected chi connectivity index (χ4v) is 4.64. The van der Waals surface area contributed by atoms with E-state index in [0.717, 1.165) is 40.0 Å². The molecule has 0 aliphatic carbocycles. The number of benzene rings is 3. The number of aromatic nitrogens is 1. The van der Waals surface area contributed by atoms with Gasteiger partial charge in [0, 0.05) is 35.5 Å². The van der Waals surface area contributed by atoms with Gasteiger partial charge in [-0.25, -0.2) is 0 Å². The number of halogens is 2. The molecule has 0 unspecified atom stereocenters. The molecule has 0 radical (unpaired) electrons. The smallest absolute Gasteiger partial charge is 0.545 e. The predicted octanol–water partition coefficient (Wildman–Crippen LogP) is 3.36. The first-order valence-electron chi connectivity index (χ1n) is 12.9. The van der Waals surface area contributed by atoms with Gasteiger partial charge >= 0.3 is 18.9 Å². The Bertz CT molecular complexity index is 1560. The van der Waals surface area contributed by atoms with Crippen LogP contribution >= 0.6 is 23.2 Å². The first kappa shape index (κ1) is 33.0. The molecule has 42 heavy (non-hydrogen) atoms. The molecule has 212 valence electrons. The second kappa shape index (κ2) is 15.7. The summed E-state index contributed by atoms with van der Waals surface area (Å²) in [4.78, 5) is 26.7. The topological polar surface area (TPSA) is 97.8 Å². The van der Waals surface area contributed by atoms with E-state index in [1.165, 1.54) is 24.5 Å². The minimum absolute atomic E-state index is 0. The second-order valence-corrected chi connectivity index (χ2v) is 10.1. The van der Waals surface area contributed by atoms with Crippen molar-refractivity contribution in [1.82, 2.24) is 4.98 Å². The number of aromatic carboxylic acids is 1. The summed E-state index contributed by atoms with van der Waals surface area (Å²) in [5, 5.41) is 11.4. The third kappa shape index (κ3) is 8.08. The third-order valence-corrected chi connectivity index (χ3v) is 7.12. The van der Waals surface area contributed by atoms with E-state index >= 15 is 0 Å². The molecule has 0 amide bonds. The summed E-state index contributed by atoms with van der Waals surface area (Å²) in [6.07, 6.45) is 4.06. The second-order valence-electron chi connectivity index (χ2n) is 9.29. The quantitative estimate of drug-likeness (QED) is 0.101. The molecule has 0 fully saturated rings. The van der Waals surface area contributed by atoms with E-state index in [9.17, 15) is 14.7 Å². The normalized spacial score (nSPS) is 10.5. The van der Waals surface area contributed by atoms with Crippen molar-refractivity contribution in [2.45, 2.75) is 33.5 Å². The van der Waals surface area contributed by atoms with Gasteiger partial charge in [0.25, 0.3) is 0 Å². The van der Waals surface area contributed by atoms with Crippen LogP contribution in [0, 0.1) is 13.8 Å². The molecule has 0 spiro atoms. The molecule has 1 aromatic heterocycles. The van der Waals surface area contributed by atoms with Crippen molar-refractivity contribution < 1.29 is 47.8 Å². The van der Waals surface area contributed by atoms with Crippen LogP contribution in [0.2, 0.25) is 5.02 Å². The monoisotopic (exact) mass is 599 g/mol. The van der Waals surface area contributed by atoms with Gasteiger partial charge in [-0.15, -0.1) is 11.6 Å². The van der Waals surface area contributed by atoms with Gasteiger partial charge in [-0.05, 0) is 66.3 Å². The number of ether oxygens (including phenoxy) is 3. The first-order valence-corrected chi connectivity index (χ1v) is 13.8. The van der Waals surface area contributed by atoms with Gasteiger partial charge in [0.05, 0.1) is 23.2 Å². The Morgan fingerprint density at radius 2 is 1.62 bits per heavy atom. The average Bonchev–Trinajstić information content (AvgIpc) is 2.97. The third-order valence-electron chi connectivity index (χ3n) is 6.56. The molecular weight excluding hydrogens is 572 g/mol. The van der Waals surface area contributed by atoms with Gasteiger partial charge in [-0.3, -0.25) is 9.78 Å². The Morgan fingerprint density at radius 3 is 2.33 bits per heavy atom. The summed E-state index contributed by atoms with van der Waals surface area (Å²) in [7, 11) is 0. The van der Waals surface area contributed by atoms with Crippen molar-refractivity contribution in [3.8, 4) is 28.4 Å². The Morgan fingerprint density at radius 1 is 0.905 bits per heavy atom. The number of carbonyl (C=O) groups excluding carboxylic acids is 2. The standard InChI is InChI=1S/C32H29Cl2NO6.Li/c1-20-23(6-3-7-26(20)27-8-4-9-29(21(27)2)39-11-5-10-33)19-41-31-14-30(25(17-36)13-28(31)34)40-18-22-12-24(32(37)38)16-35-15-22;/h3-4,6-9,12-17H,5,10-11,18-19H2,1-2H3,(H,37,38);/q;+1/p-1. The van der Waals surface area contributed by atoms with Crippen LogP contribution in [0.1, 0.15) is 49.4 Å². The number of aldehydes is 1. The number of nitrogens with zero attached hydrogens (tertiary/aromatic N) is 1. The molecule has 4 aromatic rings. The SMILES string of the molecule is Cc1c(COc2cc(OCc3cncc(C(=O)[O-])c3)c(C=O)cc2Cl)cccc1-c1cccc(OCCCCl)c1C.[Li+]. The van der Waals surface area contributed by atoms with Gasteiger partial charge in [-0.1, -0.05) is 41.9 Å². The van der Waals surface area contributed by atoms with Crippen LogP contribution in [-0.2, 0) is 13.2 Å². The maximum absolute atomic E-state index is 11.7.